The van der Waals surface area contributed by atoms with Gasteiger partial charge in [-0.2, -0.15) is 0 Å². The van der Waals surface area contributed by atoms with Crippen LogP contribution < -0.4 is 5.32 Å². The number of hydrogen-bond donors (Lipinski definition) is 1. The summed E-state index contributed by atoms with van der Waals surface area (Å²) in [6.45, 7) is 6.65. The zero-order chi connectivity index (χ0) is 12.9. The van der Waals surface area contributed by atoms with Crippen molar-refractivity contribution in [2.45, 2.75) is 26.9 Å². The fourth-order valence-electron chi connectivity index (χ4n) is 1.44. The molecule has 0 aliphatic carbocycles. The normalized spacial score (nSPS) is 13.2. The average molecular weight is 237 g/mol. The van der Waals surface area contributed by atoms with Gasteiger partial charge in [0.25, 0.3) is 5.91 Å². The number of rotatable bonds is 4. The van der Waals surface area contributed by atoms with Crippen LogP contribution >= 0.6 is 0 Å². The van der Waals surface area contributed by atoms with E-state index in [1.54, 1.807) is 7.11 Å². The van der Waals surface area contributed by atoms with Gasteiger partial charge in [-0.15, -0.1) is 0 Å². The van der Waals surface area contributed by atoms with Gasteiger partial charge in [0.2, 0.25) is 0 Å². The lowest BCUT2D eigenvalue weighted by Crippen LogP contribution is -2.40. The Kier molecular flexibility index (Phi) is 4.57. The van der Waals surface area contributed by atoms with Gasteiger partial charge in [0.1, 0.15) is 5.69 Å². The molecule has 1 amide bonds. The van der Waals surface area contributed by atoms with Crippen LogP contribution in [0.5, 0.6) is 0 Å². The van der Waals surface area contributed by atoms with Crippen molar-refractivity contribution in [1.82, 2.24) is 15.3 Å². The minimum absolute atomic E-state index is 0.0234. The summed E-state index contributed by atoms with van der Waals surface area (Å²) in [5.74, 6) is -0.232. The Balaban J connectivity index is 2.54. The lowest BCUT2D eigenvalue weighted by Gasteiger charge is -2.29. The highest BCUT2D eigenvalue weighted by Gasteiger charge is 2.24. The van der Waals surface area contributed by atoms with Crippen LogP contribution in [0.2, 0.25) is 0 Å². The number of carbonyl (C=O) groups excluding carboxylic acids is 1. The van der Waals surface area contributed by atoms with Gasteiger partial charge in [-0.1, -0.05) is 20.8 Å². The zero-order valence-electron chi connectivity index (χ0n) is 10.7. The van der Waals surface area contributed by atoms with Crippen LogP contribution in [0, 0.1) is 5.41 Å². The number of ether oxygens (including phenoxy) is 1. The molecule has 1 atom stereocenters. The van der Waals surface area contributed by atoms with Gasteiger partial charge in [-0.25, -0.2) is 4.98 Å². The largest absolute Gasteiger partial charge is 0.379 e. The molecule has 0 aliphatic rings. The summed E-state index contributed by atoms with van der Waals surface area (Å²) >= 11 is 0. The molecule has 17 heavy (non-hydrogen) atoms. The van der Waals surface area contributed by atoms with E-state index in [9.17, 15) is 4.79 Å². The minimum atomic E-state index is -0.232. The molecule has 94 valence electrons. The van der Waals surface area contributed by atoms with Crippen molar-refractivity contribution < 1.29 is 9.53 Å². The Labute approximate surface area is 102 Å². The fourth-order valence-corrected chi connectivity index (χ4v) is 1.44. The summed E-state index contributed by atoms with van der Waals surface area (Å²) in [5.41, 5.74) is 0.293. The maximum atomic E-state index is 11.7. The molecule has 1 N–H and O–H groups in total. The van der Waals surface area contributed by atoms with E-state index in [4.69, 9.17) is 4.74 Å². The highest BCUT2D eigenvalue weighted by Crippen LogP contribution is 2.20. The Morgan fingerprint density at radius 3 is 2.65 bits per heavy atom. The summed E-state index contributed by atoms with van der Waals surface area (Å²) in [7, 11) is 1.64. The van der Waals surface area contributed by atoms with Crippen LogP contribution in [0.25, 0.3) is 0 Å². The monoisotopic (exact) mass is 237 g/mol. The zero-order valence-corrected chi connectivity index (χ0v) is 10.7. The maximum Gasteiger partial charge on any atom is 0.271 e. The third kappa shape index (κ3) is 4.11. The first-order valence-electron chi connectivity index (χ1n) is 5.52. The lowest BCUT2D eigenvalue weighted by atomic mass is 9.89. The Hall–Kier alpha value is -1.49. The predicted molar refractivity (Wildman–Crippen MR) is 64.6 cm³/mol. The van der Waals surface area contributed by atoms with Crippen LogP contribution in [0.15, 0.2) is 18.6 Å². The van der Waals surface area contributed by atoms with Gasteiger partial charge in [-0.3, -0.25) is 9.78 Å². The number of nitrogens with one attached hydrogen (secondary N) is 1. The molecule has 0 saturated carbocycles. The van der Waals surface area contributed by atoms with Gasteiger partial charge < -0.3 is 10.1 Å². The molecule has 1 heterocycles. The molecule has 0 radical (unpaired) electrons. The standard InChI is InChI=1S/C12H19N3O2/c1-12(2,3)10(17-4)8-15-11(16)9-7-13-5-6-14-9/h5-7,10H,8H2,1-4H3,(H,15,16)/t10-/m0/s1. The Morgan fingerprint density at radius 1 is 1.47 bits per heavy atom. The number of carbonyl (C=O) groups is 1. The van der Waals surface area contributed by atoms with Gasteiger partial charge in [0, 0.05) is 26.0 Å². The molecule has 0 unspecified atom stereocenters. The minimum Gasteiger partial charge on any atom is -0.379 e. The third-order valence-electron chi connectivity index (χ3n) is 2.49. The van der Waals surface area contributed by atoms with Gasteiger partial charge >= 0.3 is 0 Å². The summed E-state index contributed by atoms with van der Waals surface area (Å²) in [5, 5.41) is 2.79. The van der Waals surface area contributed by atoms with Crippen molar-refractivity contribution in [3.63, 3.8) is 0 Å². The molecule has 1 rings (SSSR count). The Morgan fingerprint density at radius 2 is 2.18 bits per heavy atom. The number of aromatic nitrogens is 2. The molecule has 0 aromatic carbocycles. The molecule has 0 fully saturated rings. The van der Waals surface area contributed by atoms with E-state index in [0.29, 0.717) is 12.2 Å². The molecular weight excluding hydrogens is 218 g/mol. The lowest BCUT2D eigenvalue weighted by molar-refractivity contribution is 0.0175. The SMILES string of the molecule is CO[C@@H](CNC(=O)c1cnccn1)C(C)(C)C. The van der Waals surface area contributed by atoms with Crippen molar-refractivity contribution >= 4 is 5.91 Å². The van der Waals surface area contributed by atoms with Crippen LogP contribution in [0.1, 0.15) is 31.3 Å². The topological polar surface area (TPSA) is 64.1 Å². The van der Waals surface area contributed by atoms with Gasteiger partial charge in [0.15, 0.2) is 0 Å². The molecule has 5 nitrogen and oxygen atoms in total. The summed E-state index contributed by atoms with van der Waals surface area (Å²) in [6, 6.07) is 0. The molecular formula is C12H19N3O2. The smallest absolute Gasteiger partial charge is 0.271 e. The van der Waals surface area contributed by atoms with Crippen molar-refractivity contribution in [2.24, 2.45) is 5.41 Å². The second-order valence-corrected chi connectivity index (χ2v) is 4.89. The maximum absolute atomic E-state index is 11.7. The average Bonchev–Trinajstić information content (AvgIpc) is 2.29. The number of nitrogens with zero attached hydrogens (tertiary/aromatic N) is 2. The van der Waals surface area contributed by atoms with Crippen molar-refractivity contribution in [3.05, 3.63) is 24.3 Å². The van der Waals surface area contributed by atoms with Crippen molar-refractivity contribution in [3.8, 4) is 0 Å². The predicted octanol–water partition coefficient (Wildman–Crippen LogP) is 1.27. The number of amides is 1. The van der Waals surface area contributed by atoms with E-state index in [1.807, 2.05) is 0 Å². The molecule has 0 saturated heterocycles. The van der Waals surface area contributed by atoms with E-state index in [-0.39, 0.29) is 17.4 Å². The van der Waals surface area contributed by atoms with E-state index in [2.05, 4.69) is 36.1 Å². The first-order valence-corrected chi connectivity index (χ1v) is 5.52. The molecule has 1 aromatic heterocycles. The second kappa shape index (κ2) is 5.72. The third-order valence-corrected chi connectivity index (χ3v) is 2.49. The highest BCUT2D eigenvalue weighted by molar-refractivity contribution is 5.91. The van der Waals surface area contributed by atoms with E-state index < -0.39 is 0 Å². The summed E-state index contributed by atoms with van der Waals surface area (Å²) < 4.78 is 5.35. The van der Waals surface area contributed by atoms with Crippen molar-refractivity contribution in [1.29, 1.82) is 0 Å². The molecule has 0 aliphatic heterocycles. The second-order valence-electron chi connectivity index (χ2n) is 4.89. The van der Waals surface area contributed by atoms with Crippen LogP contribution in [-0.2, 0) is 4.74 Å². The van der Waals surface area contributed by atoms with Gasteiger partial charge in [0.05, 0.1) is 12.3 Å². The van der Waals surface area contributed by atoms with E-state index in [1.165, 1.54) is 18.6 Å². The molecule has 0 bridgehead atoms. The number of methoxy groups -OCH3 is 1. The summed E-state index contributed by atoms with van der Waals surface area (Å²) in [4.78, 5) is 19.5. The Bertz CT molecular complexity index is 360. The summed E-state index contributed by atoms with van der Waals surface area (Å²) in [6.07, 6.45) is 4.42. The van der Waals surface area contributed by atoms with Crippen LogP contribution in [-0.4, -0.2) is 35.6 Å². The highest BCUT2D eigenvalue weighted by atomic mass is 16.5. The van der Waals surface area contributed by atoms with Gasteiger partial charge in [-0.05, 0) is 5.41 Å². The molecule has 5 heteroatoms. The molecule has 0 spiro atoms. The quantitative estimate of drug-likeness (QED) is 0.856. The van der Waals surface area contributed by atoms with E-state index in [0.717, 1.165) is 0 Å². The van der Waals surface area contributed by atoms with Crippen LogP contribution in [0.3, 0.4) is 0 Å². The van der Waals surface area contributed by atoms with E-state index >= 15 is 0 Å². The number of hydrogen-bond acceptors (Lipinski definition) is 4. The molecule has 1 aromatic rings. The van der Waals surface area contributed by atoms with Crippen LogP contribution in [0.4, 0.5) is 0 Å². The first kappa shape index (κ1) is 13.6. The first-order chi connectivity index (χ1) is 7.95. The van der Waals surface area contributed by atoms with Crippen molar-refractivity contribution in [2.75, 3.05) is 13.7 Å². The fraction of sp³-hybridized carbons (Fsp3) is 0.583.